The van der Waals surface area contributed by atoms with E-state index < -0.39 is 12.0 Å². The second-order valence-electron chi connectivity index (χ2n) is 4.83. The molecule has 0 spiro atoms. The number of aryl methyl sites for hydroxylation is 1. The van der Waals surface area contributed by atoms with Crippen molar-refractivity contribution in [2.24, 2.45) is 0 Å². The fourth-order valence-corrected chi connectivity index (χ4v) is 1.92. The number of allylic oxidation sites excluding steroid dienone is 1. The van der Waals surface area contributed by atoms with Gasteiger partial charge in [0, 0.05) is 5.69 Å². The highest BCUT2D eigenvalue weighted by molar-refractivity contribution is 5.77. The zero-order chi connectivity index (χ0) is 14.1. The van der Waals surface area contributed by atoms with E-state index in [1.54, 1.807) is 0 Å². The van der Waals surface area contributed by atoms with Crippen LogP contribution in [0.25, 0.3) is 0 Å². The van der Waals surface area contributed by atoms with E-state index in [0.717, 1.165) is 31.4 Å². The molecular weight excluding hydrogens is 238 g/mol. The van der Waals surface area contributed by atoms with E-state index in [9.17, 15) is 9.90 Å². The van der Waals surface area contributed by atoms with E-state index in [-0.39, 0.29) is 0 Å². The molecule has 0 aromatic heterocycles. The number of aliphatic carboxylic acids is 1. The van der Waals surface area contributed by atoms with E-state index in [1.807, 2.05) is 37.3 Å². The molecule has 0 saturated heterocycles. The van der Waals surface area contributed by atoms with Gasteiger partial charge in [-0.2, -0.15) is 0 Å². The number of carbonyl (C=O) groups is 1. The largest absolute Gasteiger partial charge is 0.480 e. The maximum absolute atomic E-state index is 11.2. The molecule has 0 radical (unpaired) electrons. The third-order valence-electron chi connectivity index (χ3n) is 3.09. The number of anilines is 1. The van der Waals surface area contributed by atoms with Crippen LogP contribution in [0.15, 0.2) is 36.9 Å². The number of benzene rings is 1. The summed E-state index contributed by atoms with van der Waals surface area (Å²) in [7, 11) is 0. The summed E-state index contributed by atoms with van der Waals surface area (Å²) in [6.45, 7) is 5.69. The second kappa shape index (κ2) is 8.35. The normalized spacial score (nSPS) is 11.8. The Morgan fingerprint density at radius 1 is 1.32 bits per heavy atom. The average Bonchev–Trinajstić information content (AvgIpc) is 2.39. The van der Waals surface area contributed by atoms with Crippen LogP contribution in [-0.2, 0) is 4.79 Å². The van der Waals surface area contributed by atoms with Crippen LogP contribution in [0.1, 0.15) is 37.7 Å². The van der Waals surface area contributed by atoms with Gasteiger partial charge in [0.25, 0.3) is 0 Å². The van der Waals surface area contributed by atoms with Gasteiger partial charge in [0.15, 0.2) is 0 Å². The highest BCUT2D eigenvalue weighted by Gasteiger charge is 2.16. The summed E-state index contributed by atoms with van der Waals surface area (Å²) in [5, 5.41) is 12.3. The number of rotatable bonds is 9. The van der Waals surface area contributed by atoms with E-state index in [0.29, 0.717) is 6.42 Å². The molecular formula is C16H23NO2. The lowest BCUT2D eigenvalue weighted by Gasteiger charge is -2.15. The van der Waals surface area contributed by atoms with Gasteiger partial charge in [0.05, 0.1) is 0 Å². The van der Waals surface area contributed by atoms with Crippen molar-refractivity contribution in [2.75, 3.05) is 5.32 Å². The molecule has 1 atom stereocenters. The predicted octanol–water partition coefficient (Wildman–Crippen LogP) is 4.00. The third kappa shape index (κ3) is 6.09. The number of carboxylic acids is 1. The summed E-state index contributed by atoms with van der Waals surface area (Å²) in [6.07, 6.45) is 6.61. The quantitative estimate of drug-likeness (QED) is 0.522. The third-order valence-corrected chi connectivity index (χ3v) is 3.09. The Bertz CT molecular complexity index is 398. The Kier molecular flexibility index (Phi) is 6.72. The first kappa shape index (κ1) is 15.3. The molecule has 3 heteroatoms. The molecule has 1 aromatic carbocycles. The topological polar surface area (TPSA) is 49.3 Å². The van der Waals surface area contributed by atoms with Crippen molar-refractivity contribution in [2.45, 2.75) is 45.1 Å². The van der Waals surface area contributed by atoms with Crippen LogP contribution in [0.2, 0.25) is 0 Å². The van der Waals surface area contributed by atoms with Crippen molar-refractivity contribution in [1.82, 2.24) is 0 Å². The van der Waals surface area contributed by atoms with Gasteiger partial charge in [-0.1, -0.05) is 36.6 Å². The molecule has 0 amide bonds. The Hall–Kier alpha value is -1.77. The highest BCUT2D eigenvalue weighted by Crippen LogP contribution is 2.14. The monoisotopic (exact) mass is 261 g/mol. The van der Waals surface area contributed by atoms with Crippen LogP contribution >= 0.6 is 0 Å². The van der Waals surface area contributed by atoms with Crippen LogP contribution in [0.5, 0.6) is 0 Å². The van der Waals surface area contributed by atoms with Gasteiger partial charge in [0.2, 0.25) is 0 Å². The van der Waals surface area contributed by atoms with Gasteiger partial charge in [-0.05, 0) is 38.3 Å². The van der Waals surface area contributed by atoms with Crippen LogP contribution in [0.3, 0.4) is 0 Å². The van der Waals surface area contributed by atoms with Crippen molar-refractivity contribution in [3.63, 3.8) is 0 Å². The van der Waals surface area contributed by atoms with E-state index >= 15 is 0 Å². The van der Waals surface area contributed by atoms with Crippen LogP contribution in [0, 0.1) is 6.92 Å². The number of carboxylic acid groups (broad SMARTS) is 1. The molecule has 1 aromatic rings. The van der Waals surface area contributed by atoms with Crippen molar-refractivity contribution in [3.05, 3.63) is 42.5 Å². The number of hydrogen-bond donors (Lipinski definition) is 2. The summed E-state index contributed by atoms with van der Waals surface area (Å²) in [5.41, 5.74) is 2.03. The fraction of sp³-hybridized carbons (Fsp3) is 0.438. The first-order valence-electron chi connectivity index (χ1n) is 6.80. The Balaban J connectivity index is 2.42. The second-order valence-corrected chi connectivity index (χ2v) is 4.83. The van der Waals surface area contributed by atoms with Crippen molar-refractivity contribution >= 4 is 11.7 Å². The molecule has 2 N–H and O–H groups in total. The predicted molar refractivity (Wildman–Crippen MR) is 79.5 cm³/mol. The van der Waals surface area contributed by atoms with E-state index in [1.165, 1.54) is 5.56 Å². The minimum Gasteiger partial charge on any atom is -0.480 e. The number of unbranched alkanes of at least 4 members (excludes halogenated alkanes) is 3. The lowest BCUT2D eigenvalue weighted by atomic mass is 10.1. The van der Waals surface area contributed by atoms with Gasteiger partial charge in [-0.15, -0.1) is 6.58 Å². The number of nitrogens with one attached hydrogen (secondary N) is 1. The first-order valence-corrected chi connectivity index (χ1v) is 6.80. The van der Waals surface area contributed by atoms with Gasteiger partial charge < -0.3 is 10.4 Å². The summed E-state index contributed by atoms with van der Waals surface area (Å²) in [5.74, 6) is -0.788. The molecule has 0 fully saturated rings. The molecule has 0 aliphatic heterocycles. The SMILES string of the molecule is C=CCCCCC[C@H](Nc1ccc(C)cc1)C(=O)O. The van der Waals surface area contributed by atoms with Crippen LogP contribution in [-0.4, -0.2) is 17.1 Å². The van der Waals surface area contributed by atoms with Crippen LogP contribution in [0.4, 0.5) is 5.69 Å². The lowest BCUT2D eigenvalue weighted by molar-refractivity contribution is -0.138. The summed E-state index contributed by atoms with van der Waals surface area (Å²) in [6, 6.07) is 7.29. The zero-order valence-electron chi connectivity index (χ0n) is 11.6. The Morgan fingerprint density at radius 2 is 2.00 bits per heavy atom. The molecule has 1 rings (SSSR count). The van der Waals surface area contributed by atoms with Gasteiger partial charge in [-0.3, -0.25) is 0 Å². The Labute approximate surface area is 115 Å². The smallest absolute Gasteiger partial charge is 0.326 e. The summed E-state index contributed by atoms with van der Waals surface area (Å²) < 4.78 is 0. The summed E-state index contributed by atoms with van der Waals surface area (Å²) in [4.78, 5) is 11.2. The minimum absolute atomic E-state index is 0.508. The maximum Gasteiger partial charge on any atom is 0.326 e. The van der Waals surface area contributed by atoms with Gasteiger partial charge >= 0.3 is 5.97 Å². The van der Waals surface area contributed by atoms with Crippen molar-refractivity contribution in [3.8, 4) is 0 Å². The van der Waals surface area contributed by atoms with Crippen molar-refractivity contribution < 1.29 is 9.90 Å². The van der Waals surface area contributed by atoms with Gasteiger partial charge in [-0.25, -0.2) is 4.79 Å². The summed E-state index contributed by atoms with van der Waals surface area (Å²) >= 11 is 0. The first-order chi connectivity index (χ1) is 9.13. The zero-order valence-corrected chi connectivity index (χ0v) is 11.6. The lowest BCUT2D eigenvalue weighted by Crippen LogP contribution is -2.29. The fourth-order valence-electron chi connectivity index (χ4n) is 1.92. The highest BCUT2D eigenvalue weighted by atomic mass is 16.4. The molecule has 3 nitrogen and oxygen atoms in total. The van der Waals surface area contributed by atoms with E-state index in [2.05, 4.69) is 11.9 Å². The molecule has 0 heterocycles. The molecule has 0 bridgehead atoms. The molecule has 0 saturated carbocycles. The molecule has 104 valence electrons. The van der Waals surface area contributed by atoms with Gasteiger partial charge in [0.1, 0.15) is 6.04 Å². The molecule has 0 unspecified atom stereocenters. The Morgan fingerprint density at radius 3 is 2.58 bits per heavy atom. The van der Waals surface area contributed by atoms with Crippen LogP contribution < -0.4 is 5.32 Å². The average molecular weight is 261 g/mol. The maximum atomic E-state index is 11.2. The number of hydrogen-bond acceptors (Lipinski definition) is 2. The molecule has 0 aliphatic rings. The van der Waals surface area contributed by atoms with Crippen molar-refractivity contribution in [1.29, 1.82) is 0 Å². The minimum atomic E-state index is -0.788. The molecule has 0 aliphatic carbocycles. The van der Waals surface area contributed by atoms with E-state index in [4.69, 9.17) is 0 Å². The molecule has 19 heavy (non-hydrogen) atoms. The standard InChI is InChI=1S/C16H23NO2/c1-3-4-5-6-7-8-15(16(18)19)17-14-11-9-13(2)10-12-14/h3,9-12,15,17H,1,4-8H2,2H3,(H,18,19)/t15-/m0/s1.